The zero-order valence-corrected chi connectivity index (χ0v) is 14.7. The van der Waals surface area contributed by atoms with E-state index in [-0.39, 0.29) is 23.8 Å². The van der Waals surface area contributed by atoms with Crippen LogP contribution >= 0.6 is 11.3 Å². The summed E-state index contributed by atoms with van der Waals surface area (Å²) in [6, 6.07) is 5.60. The number of nitrogens with zero attached hydrogens (tertiary/aromatic N) is 2. The molecule has 3 heterocycles. The van der Waals surface area contributed by atoms with Crippen molar-refractivity contribution in [2.75, 3.05) is 12.4 Å². The van der Waals surface area contributed by atoms with Gasteiger partial charge < -0.3 is 10.2 Å². The lowest BCUT2D eigenvalue weighted by Gasteiger charge is -2.37. The topological polar surface area (TPSA) is 78.1 Å². The SMILES string of the molecule is CCCc1cc(NC(=O)[C@H]2CCC(=O)N(C)[C@H]2c2cccs2)n[nH]1. The van der Waals surface area contributed by atoms with Gasteiger partial charge in [-0.15, -0.1) is 11.3 Å². The normalized spacial score (nSPS) is 21.1. The number of amides is 2. The number of aromatic nitrogens is 2. The van der Waals surface area contributed by atoms with E-state index in [1.54, 1.807) is 23.3 Å². The first-order chi connectivity index (χ1) is 11.6. The fraction of sp³-hybridized carbons (Fsp3) is 0.471. The highest BCUT2D eigenvalue weighted by Crippen LogP contribution is 2.38. The maximum Gasteiger partial charge on any atom is 0.231 e. The molecule has 6 nitrogen and oxygen atoms in total. The zero-order valence-electron chi connectivity index (χ0n) is 13.9. The number of hydrogen-bond acceptors (Lipinski definition) is 4. The molecule has 0 unspecified atom stereocenters. The first kappa shape index (κ1) is 16.7. The summed E-state index contributed by atoms with van der Waals surface area (Å²) < 4.78 is 0. The van der Waals surface area contributed by atoms with Crippen molar-refractivity contribution < 1.29 is 9.59 Å². The molecule has 2 aromatic heterocycles. The number of carbonyl (C=O) groups excluding carboxylic acids is 2. The summed E-state index contributed by atoms with van der Waals surface area (Å²) in [4.78, 5) is 27.6. The van der Waals surface area contributed by atoms with E-state index in [9.17, 15) is 9.59 Å². The number of thiophene rings is 1. The van der Waals surface area contributed by atoms with E-state index in [0.29, 0.717) is 18.7 Å². The fourth-order valence-corrected chi connectivity index (χ4v) is 4.14. The van der Waals surface area contributed by atoms with Crippen molar-refractivity contribution in [2.45, 2.75) is 38.6 Å². The summed E-state index contributed by atoms with van der Waals surface area (Å²) in [7, 11) is 1.78. The number of H-pyrrole nitrogens is 1. The van der Waals surface area contributed by atoms with Gasteiger partial charge in [0, 0.05) is 30.1 Å². The average Bonchev–Trinajstić information content (AvgIpc) is 3.22. The number of carbonyl (C=O) groups is 2. The Hall–Kier alpha value is -2.15. The first-order valence-electron chi connectivity index (χ1n) is 8.24. The van der Waals surface area contributed by atoms with Gasteiger partial charge in [-0.2, -0.15) is 5.10 Å². The maximum absolute atomic E-state index is 12.8. The van der Waals surface area contributed by atoms with Crippen LogP contribution in [-0.4, -0.2) is 34.0 Å². The summed E-state index contributed by atoms with van der Waals surface area (Å²) in [5, 5.41) is 12.0. The monoisotopic (exact) mass is 346 g/mol. The molecule has 1 saturated heterocycles. The summed E-state index contributed by atoms with van der Waals surface area (Å²) in [5.74, 6) is 0.287. The summed E-state index contributed by atoms with van der Waals surface area (Å²) in [6.45, 7) is 2.10. The molecule has 2 N–H and O–H groups in total. The van der Waals surface area contributed by atoms with E-state index in [4.69, 9.17) is 0 Å². The van der Waals surface area contributed by atoms with Crippen molar-refractivity contribution in [1.82, 2.24) is 15.1 Å². The van der Waals surface area contributed by atoms with Gasteiger partial charge in [0.2, 0.25) is 11.8 Å². The Balaban J connectivity index is 1.77. The molecule has 1 aliphatic heterocycles. The van der Waals surface area contributed by atoms with Crippen molar-refractivity contribution >= 4 is 29.0 Å². The molecule has 0 saturated carbocycles. The largest absolute Gasteiger partial charge is 0.337 e. The lowest BCUT2D eigenvalue weighted by molar-refractivity contribution is -0.140. The quantitative estimate of drug-likeness (QED) is 0.874. The minimum Gasteiger partial charge on any atom is -0.337 e. The minimum absolute atomic E-state index is 0.0812. The van der Waals surface area contributed by atoms with E-state index in [1.165, 1.54) is 0 Å². The molecular weight excluding hydrogens is 324 g/mol. The first-order valence-corrected chi connectivity index (χ1v) is 9.12. The van der Waals surface area contributed by atoms with Gasteiger partial charge in [0.25, 0.3) is 0 Å². The van der Waals surface area contributed by atoms with Crippen LogP contribution in [0.15, 0.2) is 23.6 Å². The van der Waals surface area contributed by atoms with Crippen molar-refractivity contribution in [3.05, 3.63) is 34.2 Å². The maximum atomic E-state index is 12.8. The number of aryl methyl sites for hydroxylation is 1. The molecule has 24 heavy (non-hydrogen) atoms. The van der Waals surface area contributed by atoms with Gasteiger partial charge in [0.1, 0.15) is 0 Å². The Morgan fingerprint density at radius 1 is 1.54 bits per heavy atom. The Kier molecular flexibility index (Phi) is 4.99. The molecule has 1 aliphatic rings. The lowest BCUT2D eigenvalue weighted by atomic mass is 9.87. The molecule has 0 aromatic carbocycles. The van der Waals surface area contributed by atoms with Gasteiger partial charge >= 0.3 is 0 Å². The third-order valence-corrected chi connectivity index (χ3v) is 5.38. The predicted octanol–water partition coefficient (Wildman–Crippen LogP) is 2.97. The zero-order chi connectivity index (χ0) is 17.1. The van der Waals surface area contributed by atoms with Crippen molar-refractivity contribution in [1.29, 1.82) is 0 Å². The smallest absolute Gasteiger partial charge is 0.231 e. The van der Waals surface area contributed by atoms with Crippen molar-refractivity contribution in [3.8, 4) is 0 Å². The number of piperidine rings is 1. The van der Waals surface area contributed by atoms with Crippen molar-refractivity contribution in [2.24, 2.45) is 5.92 Å². The second kappa shape index (κ2) is 7.17. The molecule has 1 fully saturated rings. The molecule has 2 amide bonds. The molecule has 0 spiro atoms. The Bertz CT molecular complexity index is 710. The highest BCUT2D eigenvalue weighted by Gasteiger charge is 2.39. The molecule has 2 atom stereocenters. The number of anilines is 1. The van der Waals surface area contributed by atoms with E-state index >= 15 is 0 Å². The molecule has 2 aromatic rings. The van der Waals surface area contributed by atoms with Gasteiger partial charge in [-0.1, -0.05) is 19.4 Å². The van der Waals surface area contributed by atoms with Crippen LogP contribution in [0.2, 0.25) is 0 Å². The lowest BCUT2D eigenvalue weighted by Crippen LogP contribution is -2.44. The van der Waals surface area contributed by atoms with Crippen LogP contribution < -0.4 is 5.32 Å². The van der Waals surface area contributed by atoms with E-state index in [0.717, 1.165) is 23.4 Å². The molecule has 128 valence electrons. The van der Waals surface area contributed by atoms with E-state index in [1.807, 2.05) is 23.6 Å². The standard InChI is InChI=1S/C17H22N4O2S/c1-3-5-11-10-14(20-19-11)18-17(23)12-7-8-15(22)21(2)16(12)13-6-4-9-24-13/h4,6,9-10,12,16H,3,5,7-8H2,1-2H3,(H2,18,19,20,23)/t12-,16+/m0/s1. The van der Waals surface area contributed by atoms with Crippen LogP contribution in [0.25, 0.3) is 0 Å². The highest BCUT2D eigenvalue weighted by molar-refractivity contribution is 7.10. The van der Waals surface area contributed by atoms with Gasteiger partial charge in [0.05, 0.1) is 12.0 Å². The van der Waals surface area contributed by atoms with Crippen LogP contribution in [0.1, 0.15) is 42.8 Å². The van der Waals surface area contributed by atoms with Crippen LogP contribution in [0, 0.1) is 5.92 Å². The summed E-state index contributed by atoms with van der Waals surface area (Å²) in [5.41, 5.74) is 1.01. The Labute approximate surface area is 145 Å². The second-order valence-corrected chi connectivity index (χ2v) is 7.11. The number of likely N-dealkylation sites (tertiary alicyclic amines) is 1. The molecule has 0 aliphatic carbocycles. The summed E-state index contributed by atoms with van der Waals surface area (Å²) in [6.07, 6.45) is 2.88. The summed E-state index contributed by atoms with van der Waals surface area (Å²) >= 11 is 1.58. The highest BCUT2D eigenvalue weighted by atomic mass is 32.1. The number of rotatable bonds is 5. The fourth-order valence-electron chi connectivity index (χ4n) is 3.20. The molecule has 3 rings (SSSR count). The molecule has 0 radical (unpaired) electrons. The minimum atomic E-state index is -0.266. The number of hydrogen-bond donors (Lipinski definition) is 2. The van der Waals surface area contributed by atoms with Crippen molar-refractivity contribution in [3.63, 3.8) is 0 Å². The van der Waals surface area contributed by atoms with Gasteiger partial charge in [0.15, 0.2) is 5.82 Å². The molecular formula is C17H22N4O2S. The second-order valence-electron chi connectivity index (χ2n) is 6.13. The number of aromatic amines is 1. The van der Waals surface area contributed by atoms with Crippen LogP contribution in [0.3, 0.4) is 0 Å². The van der Waals surface area contributed by atoms with Gasteiger partial charge in [-0.3, -0.25) is 14.7 Å². The third-order valence-electron chi connectivity index (χ3n) is 4.43. The van der Waals surface area contributed by atoms with Crippen LogP contribution in [0.5, 0.6) is 0 Å². The van der Waals surface area contributed by atoms with Crippen LogP contribution in [0.4, 0.5) is 5.82 Å². The Morgan fingerprint density at radius 2 is 2.38 bits per heavy atom. The molecule has 0 bridgehead atoms. The Morgan fingerprint density at radius 3 is 3.08 bits per heavy atom. The van der Waals surface area contributed by atoms with E-state index < -0.39 is 0 Å². The van der Waals surface area contributed by atoms with Gasteiger partial charge in [-0.05, 0) is 24.3 Å². The van der Waals surface area contributed by atoms with E-state index in [2.05, 4.69) is 22.4 Å². The van der Waals surface area contributed by atoms with Gasteiger partial charge in [-0.25, -0.2) is 0 Å². The average molecular weight is 346 g/mol. The molecule has 7 heteroatoms. The number of nitrogens with one attached hydrogen (secondary N) is 2. The predicted molar refractivity (Wildman–Crippen MR) is 93.8 cm³/mol. The third kappa shape index (κ3) is 3.36. The van der Waals surface area contributed by atoms with Crippen LogP contribution in [-0.2, 0) is 16.0 Å².